The smallest absolute Gasteiger partial charge is 0.228 e. The van der Waals surface area contributed by atoms with E-state index in [1.807, 2.05) is 17.0 Å². The molecular weight excluding hydrogens is 370 g/mol. The number of piperidine rings is 1. The molecule has 0 saturated carbocycles. The van der Waals surface area contributed by atoms with Gasteiger partial charge in [-0.05, 0) is 50.0 Å². The molecule has 1 aromatic carbocycles. The second-order valence-corrected chi connectivity index (χ2v) is 7.51. The Balaban J connectivity index is 1.72. The Labute approximate surface area is 151 Å². The minimum absolute atomic E-state index is 0.122. The lowest BCUT2D eigenvalue weighted by atomic mass is 10.1. The molecule has 6 heteroatoms. The molecule has 1 aromatic rings. The van der Waals surface area contributed by atoms with Crippen LogP contribution in [0.15, 0.2) is 16.6 Å². The quantitative estimate of drug-likeness (QED) is 0.854. The molecular formula is C18H24BrN3O2. The monoisotopic (exact) mass is 393 g/mol. The highest BCUT2D eigenvalue weighted by Gasteiger charge is 2.28. The second-order valence-electron chi connectivity index (χ2n) is 6.59. The summed E-state index contributed by atoms with van der Waals surface area (Å²) < 4.78 is 0.924. The number of nitrogens with zero attached hydrogens (tertiary/aromatic N) is 2. The van der Waals surface area contributed by atoms with Gasteiger partial charge in [0, 0.05) is 30.9 Å². The lowest BCUT2D eigenvalue weighted by molar-refractivity contribution is -0.119. The van der Waals surface area contributed by atoms with Crippen LogP contribution in [0.25, 0.3) is 0 Å². The normalized spacial score (nSPS) is 17.7. The molecule has 2 aliphatic heterocycles. The highest BCUT2D eigenvalue weighted by atomic mass is 79.9. The predicted molar refractivity (Wildman–Crippen MR) is 99.4 cm³/mol. The summed E-state index contributed by atoms with van der Waals surface area (Å²) >= 11 is 3.48. The van der Waals surface area contributed by atoms with Gasteiger partial charge in [0.25, 0.3) is 0 Å². The Hall–Kier alpha value is -1.40. The Kier molecular flexibility index (Phi) is 5.56. The van der Waals surface area contributed by atoms with Gasteiger partial charge >= 0.3 is 0 Å². The summed E-state index contributed by atoms with van der Waals surface area (Å²) in [7, 11) is 0. The zero-order valence-corrected chi connectivity index (χ0v) is 15.7. The Bertz CT molecular complexity index is 641. The largest absolute Gasteiger partial charge is 0.324 e. The lowest BCUT2D eigenvalue weighted by Crippen LogP contribution is -2.36. The third kappa shape index (κ3) is 3.98. The Morgan fingerprint density at radius 1 is 1.17 bits per heavy atom. The number of hydrogen-bond donors (Lipinski definition) is 1. The first kappa shape index (κ1) is 17.4. The van der Waals surface area contributed by atoms with Crippen molar-refractivity contribution in [1.82, 2.24) is 4.90 Å². The maximum atomic E-state index is 12.7. The molecule has 1 N–H and O–H groups in total. The van der Waals surface area contributed by atoms with Crippen molar-refractivity contribution in [2.45, 2.75) is 39.0 Å². The molecule has 0 radical (unpaired) electrons. The third-order valence-corrected chi connectivity index (χ3v) is 5.19. The highest BCUT2D eigenvalue weighted by Crippen LogP contribution is 2.38. The van der Waals surface area contributed by atoms with Gasteiger partial charge in [0.05, 0.1) is 11.4 Å². The van der Waals surface area contributed by atoms with Crippen LogP contribution < -0.4 is 10.2 Å². The molecule has 5 nitrogen and oxygen atoms in total. The number of halogens is 1. The number of benzene rings is 1. The van der Waals surface area contributed by atoms with Crippen LogP contribution in [0.4, 0.5) is 11.4 Å². The van der Waals surface area contributed by atoms with E-state index in [1.165, 1.54) is 26.2 Å². The van der Waals surface area contributed by atoms with Gasteiger partial charge in [0.1, 0.15) is 0 Å². The maximum Gasteiger partial charge on any atom is 0.228 e. The Morgan fingerprint density at radius 3 is 2.62 bits per heavy atom. The number of likely N-dealkylation sites (tertiary alicyclic amines) is 1. The van der Waals surface area contributed by atoms with E-state index in [2.05, 4.69) is 26.1 Å². The molecule has 0 bridgehead atoms. The third-order valence-electron chi connectivity index (χ3n) is 4.73. The van der Waals surface area contributed by atoms with Gasteiger partial charge in [0.15, 0.2) is 0 Å². The fourth-order valence-electron chi connectivity index (χ4n) is 3.62. The van der Waals surface area contributed by atoms with Crippen molar-refractivity contribution in [2.24, 2.45) is 0 Å². The van der Waals surface area contributed by atoms with E-state index in [1.54, 1.807) is 0 Å². The van der Waals surface area contributed by atoms with E-state index < -0.39 is 0 Å². The number of amides is 2. The molecule has 0 unspecified atom stereocenters. The van der Waals surface area contributed by atoms with E-state index in [0.717, 1.165) is 47.5 Å². The number of carbonyl (C=O) groups is 2. The molecule has 1 fully saturated rings. The zero-order valence-electron chi connectivity index (χ0n) is 14.1. The average Bonchev–Trinajstić information content (AvgIpc) is 2.97. The minimum Gasteiger partial charge on any atom is -0.324 e. The van der Waals surface area contributed by atoms with Crippen LogP contribution in [0.2, 0.25) is 0 Å². The van der Waals surface area contributed by atoms with Crippen molar-refractivity contribution in [2.75, 3.05) is 36.4 Å². The summed E-state index contributed by atoms with van der Waals surface area (Å²) in [4.78, 5) is 28.5. The zero-order chi connectivity index (χ0) is 17.1. The van der Waals surface area contributed by atoms with Gasteiger partial charge < -0.3 is 15.1 Å². The van der Waals surface area contributed by atoms with Crippen molar-refractivity contribution in [3.05, 3.63) is 22.2 Å². The molecule has 2 amide bonds. The molecule has 0 aliphatic carbocycles. The molecule has 24 heavy (non-hydrogen) atoms. The summed E-state index contributed by atoms with van der Waals surface area (Å²) in [6.45, 7) is 5.22. The average molecular weight is 394 g/mol. The van der Waals surface area contributed by atoms with Gasteiger partial charge in [-0.15, -0.1) is 0 Å². The minimum atomic E-state index is -0.122. The molecule has 130 valence electrons. The summed E-state index contributed by atoms with van der Waals surface area (Å²) in [5.74, 6) is 0.0242. The lowest BCUT2D eigenvalue weighted by Gasteiger charge is -2.27. The van der Waals surface area contributed by atoms with Gasteiger partial charge in [-0.2, -0.15) is 0 Å². The van der Waals surface area contributed by atoms with E-state index in [0.29, 0.717) is 13.0 Å². The van der Waals surface area contributed by atoms with Gasteiger partial charge in [-0.3, -0.25) is 9.59 Å². The first-order valence-corrected chi connectivity index (χ1v) is 9.46. The molecule has 0 atom stereocenters. The van der Waals surface area contributed by atoms with E-state index in [4.69, 9.17) is 0 Å². The van der Waals surface area contributed by atoms with Crippen molar-refractivity contribution >= 4 is 39.1 Å². The van der Waals surface area contributed by atoms with E-state index >= 15 is 0 Å². The fraction of sp³-hybridized carbons (Fsp3) is 0.556. The van der Waals surface area contributed by atoms with E-state index in [9.17, 15) is 9.59 Å². The Morgan fingerprint density at radius 2 is 1.92 bits per heavy atom. The molecule has 1 saturated heterocycles. The van der Waals surface area contributed by atoms with Crippen LogP contribution >= 0.6 is 15.9 Å². The summed E-state index contributed by atoms with van der Waals surface area (Å²) in [5, 5.41) is 2.86. The number of nitrogens with one attached hydrogen (secondary N) is 1. The van der Waals surface area contributed by atoms with Crippen LogP contribution in [0.3, 0.4) is 0 Å². The van der Waals surface area contributed by atoms with Crippen molar-refractivity contribution in [3.8, 4) is 0 Å². The fourth-order valence-corrected chi connectivity index (χ4v) is 4.12. The number of carbonyl (C=O) groups excluding carboxylic acids is 2. The van der Waals surface area contributed by atoms with Crippen molar-refractivity contribution in [3.63, 3.8) is 0 Å². The topological polar surface area (TPSA) is 52.7 Å². The van der Waals surface area contributed by atoms with Crippen molar-refractivity contribution in [1.29, 1.82) is 0 Å². The van der Waals surface area contributed by atoms with E-state index in [-0.39, 0.29) is 11.8 Å². The van der Waals surface area contributed by atoms with Crippen LogP contribution in [0.5, 0.6) is 0 Å². The van der Waals surface area contributed by atoms with Gasteiger partial charge in [0.2, 0.25) is 11.8 Å². The standard InChI is InChI=1S/C18H24BrN3O2/c1-13(23)20-16-12-15(19)11-14-5-10-22(18(14)16)17(24)6-9-21-7-3-2-4-8-21/h11-12H,2-10H2,1H3,(H,20,23). The second kappa shape index (κ2) is 7.66. The van der Waals surface area contributed by atoms with Gasteiger partial charge in [-0.25, -0.2) is 0 Å². The van der Waals surface area contributed by atoms with Gasteiger partial charge in [-0.1, -0.05) is 22.4 Å². The number of anilines is 2. The van der Waals surface area contributed by atoms with Crippen LogP contribution in [-0.2, 0) is 16.0 Å². The predicted octanol–water partition coefficient (Wildman–Crippen LogP) is 3.17. The summed E-state index contributed by atoms with van der Waals surface area (Å²) in [6, 6.07) is 3.91. The molecule has 0 spiro atoms. The van der Waals surface area contributed by atoms with Crippen LogP contribution in [0.1, 0.15) is 38.2 Å². The number of rotatable bonds is 4. The number of hydrogen-bond acceptors (Lipinski definition) is 3. The molecule has 0 aromatic heterocycles. The SMILES string of the molecule is CC(=O)Nc1cc(Br)cc2c1N(C(=O)CCN1CCCCC1)CC2. The molecule has 3 rings (SSSR count). The first-order chi connectivity index (χ1) is 11.5. The summed E-state index contributed by atoms with van der Waals surface area (Å²) in [5.41, 5.74) is 2.70. The van der Waals surface area contributed by atoms with Crippen LogP contribution in [-0.4, -0.2) is 42.9 Å². The summed E-state index contributed by atoms with van der Waals surface area (Å²) in [6.07, 6.45) is 5.15. The highest BCUT2D eigenvalue weighted by molar-refractivity contribution is 9.10. The first-order valence-electron chi connectivity index (χ1n) is 8.67. The molecule has 2 heterocycles. The van der Waals surface area contributed by atoms with Crippen LogP contribution in [0, 0.1) is 0 Å². The number of fused-ring (bicyclic) bond motifs is 1. The maximum absolute atomic E-state index is 12.7. The molecule has 2 aliphatic rings. The van der Waals surface area contributed by atoms with Crippen molar-refractivity contribution < 1.29 is 9.59 Å².